The first-order valence-corrected chi connectivity index (χ1v) is 5.10. The Bertz CT molecular complexity index is 600. The lowest BCUT2D eigenvalue weighted by molar-refractivity contribution is 0.273. The Hall–Kier alpha value is -1.69. The molecule has 0 aliphatic heterocycles. The highest BCUT2D eigenvalue weighted by molar-refractivity contribution is 5.81. The van der Waals surface area contributed by atoms with Crippen LogP contribution < -0.4 is 5.43 Å². The van der Waals surface area contributed by atoms with E-state index in [2.05, 4.69) is 0 Å². The molecule has 0 fully saturated rings. The van der Waals surface area contributed by atoms with Crippen molar-refractivity contribution in [3.8, 4) is 0 Å². The lowest BCUT2D eigenvalue weighted by atomic mass is 10.1. The first-order chi connectivity index (χ1) is 8.21. The molecule has 0 bridgehead atoms. The smallest absolute Gasteiger partial charge is 0.198 e. The molecule has 0 unspecified atom stereocenters. The Labute approximate surface area is 96.6 Å². The summed E-state index contributed by atoms with van der Waals surface area (Å²) in [5.74, 6) is 0. The van der Waals surface area contributed by atoms with Gasteiger partial charge in [0.2, 0.25) is 0 Å². The van der Waals surface area contributed by atoms with E-state index in [9.17, 15) is 9.90 Å². The average molecular weight is 236 g/mol. The number of hydrogen-bond donors (Lipinski definition) is 3. The minimum Gasteiger partial charge on any atom is -0.463 e. The first-order valence-electron chi connectivity index (χ1n) is 5.10. The van der Waals surface area contributed by atoms with E-state index in [1.165, 1.54) is 12.3 Å². The molecular formula is C12H12O5. The third-order valence-corrected chi connectivity index (χ3v) is 2.60. The Balaban J connectivity index is 2.85. The zero-order valence-corrected chi connectivity index (χ0v) is 9.01. The van der Waals surface area contributed by atoms with Crippen LogP contribution in [-0.4, -0.2) is 15.3 Å². The topological polar surface area (TPSA) is 90.9 Å². The number of benzene rings is 1. The fraction of sp³-hybridized carbons (Fsp3) is 0.250. The summed E-state index contributed by atoms with van der Waals surface area (Å²) in [6, 6.07) is 3.07. The van der Waals surface area contributed by atoms with Crippen LogP contribution in [0, 0.1) is 0 Å². The quantitative estimate of drug-likeness (QED) is 0.711. The number of rotatable bonds is 3. The van der Waals surface area contributed by atoms with Crippen LogP contribution in [0.1, 0.15) is 16.7 Å². The van der Waals surface area contributed by atoms with Crippen molar-refractivity contribution in [3.05, 3.63) is 45.3 Å². The molecule has 0 aliphatic rings. The number of hydrogen-bond acceptors (Lipinski definition) is 5. The van der Waals surface area contributed by atoms with Crippen molar-refractivity contribution in [3.63, 3.8) is 0 Å². The standard InChI is InChI=1S/C12H12O5/c13-3-7-1-8(4-14)12-10(2-7)11(16)9(5-15)6-17-12/h1-2,6,13-15H,3-5H2. The van der Waals surface area contributed by atoms with Crippen molar-refractivity contribution in [1.29, 1.82) is 0 Å². The van der Waals surface area contributed by atoms with E-state index in [0.717, 1.165) is 0 Å². The van der Waals surface area contributed by atoms with Crippen LogP contribution in [0.25, 0.3) is 11.0 Å². The van der Waals surface area contributed by atoms with Crippen molar-refractivity contribution in [1.82, 2.24) is 0 Å². The summed E-state index contributed by atoms with van der Waals surface area (Å²) >= 11 is 0. The third kappa shape index (κ3) is 1.95. The van der Waals surface area contributed by atoms with E-state index < -0.39 is 6.61 Å². The Morgan fingerprint density at radius 2 is 1.71 bits per heavy atom. The summed E-state index contributed by atoms with van der Waals surface area (Å²) in [5.41, 5.74) is 1.04. The van der Waals surface area contributed by atoms with Gasteiger partial charge in [0.05, 0.1) is 30.8 Å². The van der Waals surface area contributed by atoms with Crippen molar-refractivity contribution in [2.24, 2.45) is 0 Å². The van der Waals surface area contributed by atoms with Gasteiger partial charge >= 0.3 is 0 Å². The highest BCUT2D eigenvalue weighted by Gasteiger charge is 2.11. The van der Waals surface area contributed by atoms with Crippen molar-refractivity contribution in [2.45, 2.75) is 19.8 Å². The van der Waals surface area contributed by atoms with Crippen LogP contribution in [0.4, 0.5) is 0 Å². The summed E-state index contributed by atoms with van der Waals surface area (Å²) < 4.78 is 5.23. The van der Waals surface area contributed by atoms with E-state index in [0.29, 0.717) is 11.1 Å². The second-order valence-electron chi connectivity index (χ2n) is 3.70. The highest BCUT2D eigenvalue weighted by atomic mass is 16.3. The summed E-state index contributed by atoms with van der Waals surface area (Å²) in [6.07, 6.45) is 1.18. The third-order valence-electron chi connectivity index (χ3n) is 2.60. The predicted octanol–water partition coefficient (Wildman–Crippen LogP) is 0.270. The zero-order chi connectivity index (χ0) is 12.4. The molecule has 1 aromatic carbocycles. The molecule has 5 nitrogen and oxygen atoms in total. The van der Waals surface area contributed by atoms with Gasteiger partial charge in [0, 0.05) is 5.56 Å². The largest absolute Gasteiger partial charge is 0.463 e. The number of fused-ring (bicyclic) bond motifs is 1. The molecule has 0 saturated carbocycles. The molecule has 0 spiro atoms. The maximum absolute atomic E-state index is 11.9. The summed E-state index contributed by atoms with van der Waals surface area (Å²) in [6.45, 7) is -0.923. The van der Waals surface area contributed by atoms with Gasteiger partial charge in [-0.05, 0) is 17.7 Å². The van der Waals surface area contributed by atoms with Gasteiger partial charge in [0.1, 0.15) is 11.8 Å². The molecule has 0 aliphatic carbocycles. The molecule has 1 aromatic heterocycles. The number of aliphatic hydroxyl groups excluding tert-OH is 3. The van der Waals surface area contributed by atoms with Gasteiger partial charge in [-0.15, -0.1) is 0 Å². The van der Waals surface area contributed by atoms with Crippen LogP contribution >= 0.6 is 0 Å². The summed E-state index contributed by atoms with van der Waals surface area (Å²) in [5, 5.41) is 27.5. The maximum atomic E-state index is 11.9. The molecule has 1 heterocycles. The molecule has 0 amide bonds. The molecule has 2 rings (SSSR count). The minimum atomic E-state index is -0.407. The second-order valence-corrected chi connectivity index (χ2v) is 3.70. The van der Waals surface area contributed by atoms with Gasteiger partial charge in [0.25, 0.3) is 0 Å². The maximum Gasteiger partial charge on any atom is 0.198 e. The Kier molecular flexibility index (Phi) is 3.23. The molecule has 0 radical (unpaired) electrons. The molecule has 90 valence electrons. The molecule has 2 aromatic rings. The molecule has 0 saturated heterocycles. The average Bonchev–Trinajstić information content (AvgIpc) is 2.38. The van der Waals surface area contributed by atoms with E-state index in [4.69, 9.17) is 14.6 Å². The second kappa shape index (κ2) is 4.67. The molecule has 17 heavy (non-hydrogen) atoms. The van der Waals surface area contributed by atoms with Gasteiger partial charge < -0.3 is 19.7 Å². The number of aliphatic hydroxyl groups is 3. The zero-order valence-electron chi connectivity index (χ0n) is 9.01. The monoisotopic (exact) mass is 236 g/mol. The normalized spacial score (nSPS) is 11.0. The summed E-state index contributed by atoms with van der Waals surface area (Å²) in [7, 11) is 0. The molecule has 5 heteroatoms. The van der Waals surface area contributed by atoms with E-state index in [-0.39, 0.29) is 35.2 Å². The van der Waals surface area contributed by atoms with Crippen LogP contribution in [0.2, 0.25) is 0 Å². The highest BCUT2D eigenvalue weighted by Crippen LogP contribution is 2.19. The molecule has 3 N–H and O–H groups in total. The fourth-order valence-electron chi connectivity index (χ4n) is 1.74. The van der Waals surface area contributed by atoms with Crippen LogP contribution in [0.5, 0.6) is 0 Å². The van der Waals surface area contributed by atoms with Crippen molar-refractivity contribution in [2.75, 3.05) is 0 Å². The molecule has 0 atom stereocenters. The minimum absolute atomic E-state index is 0.150. The van der Waals surface area contributed by atoms with Crippen LogP contribution in [0.3, 0.4) is 0 Å². The Morgan fingerprint density at radius 1 is 1.00 bits per heavy atom. The van der Waals surface area contributed by atoms with Gasteiger partial charge in [-0.25, -0.2) is 0 Å². The van der Waals surface area contributed by atoms with Crippen LogP contribution in [0.15, 0.2) is 27.6 Å². The van der Waals surface area contributed by atoms with E-state index in [1.807, 2.05) is 0 Å². The van der Waals surface area contributed by atoms with Crippen molar-refractivity contribution >= 4 is 11.0 Å². The van der Waals surface area contributed by atoms with Crippen LogP contribution in [-0.2, 0) is 19.8 Å². The van der Waals surface area contributed by atoms with Gasteiger partial charge in [0.15, 0.2) is 5.43 Å². The van der Waals surface area contributed by atoms with Gasteiger partial charge in [-0.1, -0.05) is 0 Å². The fourth-order valence-corrected chi connectivity index (χ4v) is 1.74. The molecular weight excluding hydrogens is 224 g/mol. The van der Waals surface area contributed by atoms with Gasteiger partial charge in [-0.2, -0.15) is 0 Å². The Morgan fingerprint density at radius 3 is 2.29 bits per heavy atom. The first kappa shape index (κ1) is 11.8. The van der Waals surface area contributed by atoms with E-state index >= 15 is 0 Å². The van der Waals surface area contributed by atoms with Crippen molar-refractivity contribution < 1.29 is 19.7 Å². The SMILES string of the molecule is O=c1c(CO)coc2c(CO)cc(CO)cc12. The van der Waals surface area contributed by atoms with Gasteiger partial charge in [-0.3, -0.25) is 4.79 Å². The predicted molar refractivity (Wildman–Crippen MR) is 60.3 cm³/mol. The van der Waals surface area contributed by atoms with E-state index in [1.54, 1.807) is 6.07 Å². The summed E-state index contributed by atoms with van der Waals surface area (Å²) in [4.78, 5) is 11.9. The lowest BCUT2D eigenvalue weighted by Gasteiger charge is -2.06. The lowest BCUT2D eigenvalue weighted by Crippen LogP contribution is -2.10.